The SMILES string of the molecule is O=S(=O)(c1ccc(Cl)c[n+]1[O-])C1CCCCC1. The standard InChI is InChI=1S/C11H14ClNO3S/c12-9-6-7-11(13(14)8-9)17(15,16)10-4-2-1-3-5-10/h6-8,10H,1-5H2. The van der Waals surface area contributed by atoms with E-state index < -0.39 is 15.1 Å². The lowest BCUT2D eigenvalue weighted by Crippen LogP contribution is -2.38. The molecule has 1 saturated carbocycles. The Bertz CT molecular complexity index is 509. The van der Waals surface area contributed by atoms with Crippen molar-refractivity contribution >= 4 is 21.4 Å². The molecule has 2 rings (SSSR count). The van der Waals surface area contributed by atoms with Crippen molar-refractivity contribution in [2.45, 2.75) is 42.4 Å². The van der Waals surface area contributed by atoms with Crippen LogP contribution in [0.5, 0.6) is 0 Å². The number of halogens is 1. The van der Waals surface area contributed by atoms with Crippen LogP contribution in [0.1, 0.15) is 32.1 Å². The Hall–Kier alpha value is -0.810. The molecule has 0 unspecified atom stereocenters. The predicted octanol–water partition coefficient (Wildman–Crippen LogP) is 2.08. The van der Waals surface area contributed by atoms with E-state index in [1.54, 1.807) is 0 Å². The van der Waals surface area contributed by atoms with Gasteiger partial charge in [0.05, 0.1) is 5.25 Å². The molecule has 0 N–H and O–H groups in total. The van der Waals surface area contributed by atoms with Gasteiger partial charge in [-0.05, 0) is 18.9 Å². The van der Waals surface area contributed by atoms with Crippen LogP contribution in [0.15, 0.2) is 23.4 Å². The van der Waals surface area contributed by atoms with Gasteiger partial charge in [-0.3, -0.25) is 0 Å². The molecule has 0 radical (unpaired) electrons. The number of hydrogen-bond acceptors (Lipinski definition) is 3. The van der Waals surface area contributed by atoms with Gasteiger partial charge in [-0.15, -0.1) is 0 Å². The minimum Gasteiger partial charge on any atom is -0.618 e. The van der Waals surface area contributed by atoms with E-state index in [-0.39, 0.29) is 10.0 Å². The number of aromatic nitrogens is 1. The average molecular weight is 276 g/mol. The molecule has 4 nitrogen and oxygen atoms in total. The van der Waals surface area contributed by atoms with Crippen LogP contribution in [0.3, 0.4) is 0 Å². The first kappa shape index (κ1) is 12.6. The van der Waals surface area contributed by atoms with Crippen molar-refractivity contribution in [1.29, 1.82) is 0 Å². The third-order valence-corrected chi connectivity index (χ3v) is 5.60. The van der Waals surface area contributed by atoms with Crippen LogP contribution in [-0.4, -0.2) is 13.7 Å². The van der Waals surface area contributed by atoms with E-state index >= 15 is 0 Å². The van der Waals surface area contributed by atoms with Gasteiger partial charge >= 0.3 is 5.03 Å². The van der Waals surface area contributed by atoms with E-state index in [9.17, 15) is 13.6 Å². The van der Waals surface area contributed by atoms with Crippen LogP contribution in [0.4, 0.5) is 0 Å². The average Bonchev–Trinajstić information content (AvgIpc) is 2.29. The summed E-state index contributed by atoms with van der Waals surface area (Å²) in [5.74, 6) is 0. The van der Waals surface area contributed by atoms with E-state index in [4.69, 9.17) is 11.6 Å². The van der Waals surface area contributed by atoms with Crippen molar-refractivity contribution in [2.24, 2.45) is 0 Å². The molecular formula is C11H14ClNO3S. The van der Waals surface area contributed by atoms with Gasteiger partial charge in [0.25, 0.3) is 0 Å². The molecule has 0 atom stereocenters. The maximum absolute atomic E-state index is 12.3. The highest BCUT2D eigenvalue weighted by Crippen LogP contribution is 2.27. The van der Waals surface area contributed by atoms with Gasteiger partial charge in [-0.25, -0.2) is 8.42 Å². The third kappa shape index (κ3) is 2.55. The molecule has 1 aromatic heterocycles. The van der Waals surface area contributed by atoms with Crippen molar-refractivity contribution in [3.63, 3.8) is 0 Å². The number of nitrogens with zero attached hydrogens (tertiary/aromatic N) is 1. The summed E-state index contributed by atoms with van der Waals surface area (Å²) < 4.78 is 24.9. The summed E-state index contributed by atoms with van der Waals surface area (Å²) in [4.78, 5) is 0. The Balaban J connectivity index is 2.37. The van der Waals surface area contributed by atoms with Crippen LogP contribution < -0.4 is 4.73 Å². The van der Waals surface area contributed by atoms with Gasteiger partial charge < -0.3 is 5.21 Å². The Morgan fingerprint density at radius 1 is 1.24 bits per heavy atom. The largest absolute Gasteiger partial charge is 0.618 e. The minimum atomic E-state index is -3.52. The zero-order chi connectivity index (χ0) is 12.5. The number of hydrogen-bond donors (Lipinski definition) is 0. The van der Waals surface area contributed by atoms with Gasteiger partial charge in [0.1, 0.15) is 5.02 Å². The molecule has 1 aliphatic rings. The van der Waals surface area contributed by atoms with Crippen molar-refractivity contribution in [2.75, 3.05) is 0 Å². The molecule has 1 aromatic rings. The Kier molecular flexibility index (Phi) is 3.58. The van der Waals surface area contributed by atoms with Gasteiger partial charge in [0, 0.05) is 6.07 Å². The highest BCUT2D eigenvalue weighted by molar-refractivity contribution is 7.91. The van der Waals surface area contributed by atoms with Crippen molar-refractivity contribution in [3.8, 4) is 0 Å². The zero-order valence-electron chi connectivity index (χ0n) is 9.30. The Labute approximate surface area is 106 Å². The highest BCUT2D eigenvalue weighted by atomic mass is 35.5. The molecule has 0 bridgehead atoms. The van der Waals surface area contributed by atoms with E-state index in [0.717, 1.165) is 25.5 Å². The number of pyridine rings is 1. The summed E-state index contributed by atoms with van der Waals surface area (Å²) in [6.45, 7) is 0. The maximum atomic E-state index is 12.3. The van der Waals surface area contributed by atoms with Crippen LogP contribution in [0.2, 0.25) is 5.02 Å². The summed E-state index contributed by atoms with van der Waals surface area (Å²) in [6, 6.07) is 2.73. The topological polar surface area (TPSA) is 61.1 Å². The van der Waals surface area contributed by atoms with Crippen molar-refractivity contribution in [3.05, 3.63) is 28.6 Å². The molecule has 0 aromatic carbocycles. The van der Waals surface area contributed by atoms with E-state index in [1.807, 2.05) is 0 Å². The zero-order valence-corrected chi connectivity index (χ0v) is 10.9. The van der Waals surface area contributed by atoms with Crippen LogP contribution in [0.25, 0.3) is 0 Å². The fourth-order valence-electron chi connectivity index (χ4n) is 2.21. The summed E-state index contributed by atoms with van der Waals surface area (Å²) in [5.41, 5.74) is 0. The molecule has 1 heterocycles. The summed E-state index contributed by atoms with van der Waals surface area (Å²) in [7, 11) is -3.52. The second-order valence-corrected chi connectivity index (χ2v) is 6.93. The maximum Gasteiger partial charge on any atom is 0.308 e. The molecule has 0 aliphatic heterocycles. The quantitative estimate of drug-likeness (QED) is 0.613. The lowest BCUT2D eigenvalue weighted by molar-refractivity contribution is -0.646. The van der Waals surface area contributed by atoms with Gasteiger partial charge in [-0.1, -0.05) is 30.9 Å². The molecule has 6 heteroatoms. The van der Waals surface area contributed by atoms with Crippen LogP contribution in [0, 0.1) is 5.21 Å². The fourth-order valence-corrected chi connectivity index (χ4v) is 4.22. The summed E-state index contributed by atoms with van der Waals surface area (Å²) in [6.07, 6.45) is 5.27. The monoisotopic (exact) mass is 275 g/mol. The first-order valence-electron chi connectivity index (χ1n) is 5.64. The summed E-state index contributed by atoms with van der Waals surface area (Å²) in [5, 5.41) is 11.2. The molecule has 94 valence electrons. The number of sulfone groups is 1. The molecule has 0 spiro atoms. The lowest BCUT2D eigenvalue weighted by Gasteiger charge is -2.20. The first-order valence-corrected chi connectivity index (χ1v) is 7.57. The van der Waals surface area contributed by atoms with Crippen molar-refractivity contribution < 1.29 is 13.1 Å². The highest BCUT2D eigenvalue weighted by Gasteiger charge is 2.34. The Morgan fingerprint density at radius 3 is 2.47 bits per heavy atom. The molecule has 17 heavy (non-hydrogen) atoms. The minimum absolute atomic E-state index is 0.186. The molecule has 0 saturated heterocycles. The van der Waals surface area contributed by atoms with E-state index in [2.05, 4.69) is 0 Å². The van der Waals surface area contributed by atoms with E-state index in [0.29, 0.717) is 17.6 Å². The second-order valence-electron chi connectivity index (χ2n) is 4.32. The van der Waals surface area contributed by atoms with Crippen LogP contribution in [-0.2, 0) is 9.84 Å². The Morgan fingerprint density at radius 2 is 1.88 bits per heavy atom. The molecule has 0 amide bonds. The normalized spacial score (nSPS) is 18.2. The molecular weight excluding hydrogens is 262 g/mol. The smallest absolute Gasteiger partial charge is 0.308 e. The number of rotatable bonds is 2. The van der Waals surface area contributed by atoms with Gasteiger partial charge in [0.15, 0.2) is 6.20 Å². The predicted molar refractivity (Wildman–Crippen MR) is 64.5 cm³/mol. The fraction of sp³-hybridized carbons (Fsp3) is 0.545. The van der Waals surface area contributed by atoms with E-state index in [1.165, 1.54) is 12.1 Å². The second kappa shape index (κ2) is 4.82. The first-order chi connectivity index (χ1) is 8.01. The van der Waals surface area contributed by atoms with Gasteiger partial charge in [-0.2, -0.15) is 4.73 Å². The lowest BCUT2D eigenvalue weighted by atomic mass is 10.0. The van der Waals surface area contributed by atoms with Crippen molar-refractivity contribution in [1.82, 2.24) is 0 Å². The van der Waals surface area contributed by atoms with Gasteiger partial charge in [0.2, 0.25) is 9.84 Å². The third-order valence-electron chi connectivity index (χ3n) is 3.13. The molecule has 1 fully saturated rings. The molecule has 1 aliphatic carbocycles. The summed E-state index contributed by atoms with van der Waals surface area (Å²) >= 11 is 5.64. The van der Waals surface area contributed by atoms with Crippen LogP contribution >= 0.6 is 11.6 Å².